The Bertz CT molecular complexity index is 491. The number of aliphatic carboxylic acids is 1. The summed E-state index contributed by atoms with van der Waals surface area (Å²) in [7, 11) is 1.53. The lowest BCUT2D eigenvalue weighted by Crippen LogP contribution is -2.46. The monoisotopic (exact) mass is 279 g/mol. The van der Waals surface area contributed by atoms with E-state index in [1.807, 2.05) is 12.1 Å². The molecule has 0 heterocycles. The maximum absolute atomic E-state index is 11.9. The molecule has 20 heavy (non-hydrogen) atoms. The van der Waals surface area contributed by atoms with Crippen LogP contribution in [0, 0.1) is 5.41 Å². The number of carbonyl (C=O) groups excluding carboxylic acids is 1. The molecule has 5 heteroatoms. The molecule has 1 amide bonds. The Morgan fingerprint density at radius 1 is 1.30 bits per heavy atom. The van der Waals surface area contributed by atoms with Gasteiger partial charge in [0.1, 0.15) is 11.8 Å². The van der Waals surface area contributed by atoms with Gasteiger partial charge in [-0.05, 0) is 11.6 Å². The third-order valence-corrected chi connectivity index (χ3v) is 2.90. The topological polar surface area (TPSA) is 75.6 Å². The highest BCUT2D eigenvalue weighted by molar-refractivity contribution is 5.86. The van der Waals surface area contributed by atoms with Crippen LogP contribution in [0.15, 0.2) is 24.3 Å². The quantitative estimate of drug-likeness (QED) is 0.862. The smallest absolute Gasteiger partial charge is 0.326 e. The van der Waals surface area contributed by atoms with Crippen molar-refractivity contribution in [1.82, 2.24) is 5.32 Å². The first-order valence-corrected chi connectivity index (χ1v) is 6.41. The van der Waals surface area contributed by atoms with E-state index in [0.717, 1.165) is 5.56 Å². The van der Waals surface area contributed by atoms with Gasteiger partial charge < -0.3 is 15.2 Å². The Morgan fingerprint density at radius 3 is 2.40 bits per heavy atom. The van der Waals surface area contributed by atoms with Crippen molar-refractivity contribution in [2.24, 2.45) is 5.41 Å². The molecular formula is C15H21NO4. The number of amides is 1. The molecule has 0 aliphatic carbocycles. The zero-order valence-electron chi connectivity index (χ0n) is 12.3. The van der Waals surface area contributed by atoms with E-state index in [0.29, 0.717) is 5.75 Å². The lowest BCUT2D eigenvalue weighted by Gasteiger charge is -2.22. The van der Waals surface area contributed by atoms with Crippen LogP contribution >= 0.6 is 0 Å². The molecule has 110 valence electrons. The summed E-state index contributed by atoms with van der Waals surface area (Å²) in [5.41, 5.74) is 0.116. The van der Waals surface area contributed by atoms with Crippen molar-refractivity contribution in [3.05, 3.63) is 29.8 Å². The first kappa shape index (κ1) is 16.0. The normalized spacial score (nSPS) is 12.6. The summed E-state index contributed by atoms with van der Waals surface area (Å²) in [5, 5.41) is 11.8. The molecule has 0 aromatic heterocycles. The van der Waals surface area contributed by atoms with Gasteiger partial charge in [-0.15, -0.1) is 0 Å². The summed E-state index contributed by atoms with van der Waals surface area (Å²) in [4.78, 5) is 23.2. The minimum Gasteiger partial charge on any atom is -0.496 e. The number of carboxylic acid groups (broad SMARTS) is 1. The molecule has 1 rings (SSSR count). The van der Waals surface area contributed by atoms with Crippen LogP contribution in [0.4, 0.5) is 0 Å². The molecule has 0 radical (unpaired) electrons. The molecule has 0 fully saturated rings. The SMILES string of the molecule is COc1ccccc1C[C@H](NC(=O)C(C)(C)C)C(=O)O. The average molecular weight is 279 g/mol. The maximum Gasteiger partial charge on any atom is 0.326 e. The second-order valence-electron chi connectivity index (χ2n) is 5.63. The molecule has 1 aromatic carbocycles. The van der Waals surface area contributed by atoms with E-state index in [1.54, 1.807) is 32.9 Å². The zero-order valence-corrected chi connectivity index (χ0v) is 12.3. The lowest BCUT2D eigenvalue weighted by molar-refractivity contribution is -0.143. The number of benzene rings is 1. The molecule has 1 atom stereocenters. The third-order valence-electron chi connectivity index (χ3n) is 2.90. The Kier molecular flexibility index (Phi) is 5.13. The van der Waals surface area contributed by atoms with Gasteiger partial charge in [0.05, 0.1) is 7.11 Å². The maximum atomic E-state index is 11.9. The predicted octanol–water partition coefficient (Wildman–Crippen LogP) is 1.85. The van der Waals surface area contributed by atoms with Gasteiger partial charge >= 0.3 is 5.97 Å². The molecule has 0 aliphatic heterocycles. The first-order valence-electron chi connectivity index (χ1n) is 6.41. The van der Waals surface area contributed by atoms with Gasteiger partial charge in [0.15, 0.2) is 0 Å². The number of nitrogens with one attached hydrogen (secondary N) is 1. The number of hydrogen-bond acceptors (Lipinski definition) is 3. The van der Waals surface area contributed by atoms with Crippen LogP contribution in [0.2, 0.25) is 0 Å². The molecule has 0 saturated heterocycles. The molecule has 0 unspecified atom stereocenters. The van der Waals surface area contributed by atoms with Crippen molar-refractivity contribution >= 4 is 11.9 Å². The van der Waals surface area contributed by atoms with Gasteiger partial charge in [-0.1, -0.05) is 39.0 Å². The summed E-state index contributed by atoms with van der Waals surface area (Å²) in [5.74, 6) is -0.739. The molecule has 0 bridgehead atoms. The predicted molar refractivity (Wildman–Crippen MR) is 75.7 cm³/mol. The van der Waals surface area contributed by atoms with Crippen LogP contribution in [0.3, 0.4) is 0 Å². The molecule has 5 nitrogen and oxygen atoms in total. The third kappa shape index (κ3) is 4.26. The second kappa shape index (κ2) is 6.41. The summed E-state index contributed by atoms with van der Waals surface area (Å²) >= 11 is 0. The summed E-state index contributed by atoms with van der Waals surface area (Å²) in [6.07, 6.45) is 0.182. The van der Waals surface area contributed by atoms with Crippen LogP contribution in [0.5, 0.6) is 5.75 Å². The van der Waals surface area contributed by atoms with Gasteiger partial charge in [-0.3, -0.25) is 4.79 Å². The first-order chi connectivity index (χ1) is 9.25. The molecule has 2 N–H and O–H groups in total. The number of rotatable bonds is 5. The number of para-hydroxylation sites is 1. The Morgan fingerprint density at radius 2 is 1.90 bits per heavy atom. The Hall–Kier alpha value is -2.04. The highest BCUT2D eigenvalue weighted by Crippen LogP contribution is 2.20. The largest absolute Gasteiger partial charge is 0.496 e. The average Bonchev–Trinajstić information content (AvgIpc) is 2.37. The summed E-state index contributed by atoms with van der Waals surface area (Å²) < 4.78 is 5.19. The number of hydrogen-bond donors (Lipinski definition) is 2. The van der Waals surface area contributed by atoms with E-state index in [4.69, 9.17) is 4.74 Å². The van der Waals surface area contributed by atoms with Crippen LogP contribution in [0.25, 0.3) is 0 Å². The molecule has 0 spiro atoms. The van der Waals surface area contributed by atoms with Crippen molar-refractivity contribution in [2.75, 3.05) is 7.11 Å². The molecular weight excluding hydrogens is 258 g/mol. The van der Waals surface area contributed by atoms with Crippen molar-refractivity contribution in [3.63, 3.8) is 0 Å². The molecule has 0 aliphatic rings. The van der Waals surface area contributed by atoms with Crippen molar-refractivity contribution in [1.29, 1.82) is 0 Å². The highest BCUT2D eigenvalue weighted by Gasteiger charge is 2.28. The van der Waals surface area contributed by atoms with E-state index in [9.17, 15) is 14.7 Å². The number of methoxy groups -OCH3 is 1. The van der Waals surface area contributed by atoms with E-state index in [2.05, 4.69) is 5.32 Å². The summed E-state index contributed by atoms with van der Waals surface area (Å²) in [6.45, 7) is 5.22. The van der Waals surface area contributed by atoms with E-state index < -0.39 is 17.4 Å². The fourth-order valence-corrected chi connectivity index (χ4v) is 1.67. The fraction of sp³-hybridized carbons (Fsp3) is 0.467. The number of ether oxygens (including phenoxy) is 1. The fourth-order valence-electron chi connectivity index (χ4n) is 1.67. The van der Waals surface area contributed by atoms with Gasteiger partial charge in [0.25, 0.3) is 0 Å². The minimum atomic E-state index is -1.06. The summed E-state index contributed by atoms with van der Waals surface area (Å²) in [6, 6.07) is 6.20. The number of carbonyl (C=O) groups is 2. The van der Waals surface area contributed by atoms with E-state index >= 15 is 0 Å². The molecule has 1 aromatic rings. The van der Waals surface area contributed by atoms with E-state index in [-0.39, 0.29) is 12.3 Å². The minimum absolute atomic E-state index is 0.182. The van der Waals surface area contributed by atoms with Crippen LogP contribution < -0.4 is 10.1 Å². The van der Waals surface area contributed by atoms with Gasteiger partial charge in [-0.25, -0.2) is 4.79 Å². The zero-order chi connectivity index (χ0) is 15.3. The van der Waals surface area contributed by atoms with E-state index in [1.165, 1.54) is 7.11 Å². The van der Waals surface area contributed by atoms with Gasteiger partial charge in [0.2, 0.25) is 5.91 Å². The van der Waals surface area contributed by atoms with Crippen LogP contribution in [-0.4, -0.2) is 30.1 Å². The number of carboxylic acids is 1. The van der Waals surface area contributed by atoms with Gasteiger partial charge in [-0.2, -0.15) is 0 Å². The van der Waals surface area contributed by atoms with Crippen molar-refractivity contribution in [3.8, 4) is 5.75 Å². The Balaban J connectivity index is 2.88. The highest BCUT2D eigenvalue weighted by atomic mass is 16.5. The van der Waals surface area contributed by atoms with Gasteiger partial charge in [0, 0.05) is 11.8 Å². The Labute approximate surface area is 118 Å². The van der Waals surface area contributed by atoms with Crippen molar-refractivity contribution < 1.29 is 19.4 Å². The van der Waals surface area contributed by atoms with Crippen LogP contribution in [0.1, 0.15) is 26.3 Å². The standard InChI is InChI=1S/C15H21NO4/c1-15(2,3)14(19)16-11(13(17)18)9-10-7-5-6-8-12(10)20-4/h5-8,11H,9H2,1-4H3,(H,16,19)(H,17,18)/t11-/m0/s1. The molecule has 0 saturated carbocycles. The van der Waals surface area contributed by atoms with Crippen LogP contribution in [-0.2, 0) is 16.0 Å². The van der Waals surface area contributed by atoms with Crippen molar-refractivity contribution in [2.45, 2.75) is 33.2 Å². The lowest BCUT2D eigenvalue weighted by atomic mass is 9.94. The second-order valence-corrected chi connectivity index (χ2v) is 5.63.